The fourth-order valence-electron chi connectivity index (χ4n) is 2.94. The average molecular weight is 244 g/mol. The van der Waals surface area contributed by atoms with Gasteiger partial charge >= 0.3 is 0 Å². The molecular formula is C12H28N2OSi. The molecule has 1 saturated carbocycles. The van der Waals surface area contributed by atoms with E-state index in [9.17, 15) is 4.80 Å². The highest BCUT2D eigenvalue weighted by molar-refractivity contribution is 6.69. The number of nitrogens with zero attached hydrogens (tertiary/aromatic N) is 2. The summed E-state index contributed by atoms with van der Waals surface area (Å²) < 4.78 is 0. The van der Waals surface area contributed by atoms with Crippen molar-refractivity contribution >= 4 is 8.32 Å². The lowest BCUT2D eigenvalue weighted by Crippen LogP contribution is -2.54. The van der Waals surface area contributed by atoms with Gasteiger partial charge in [-0.05, 0) is 47.1 Å². The minimum absolute atomic E-state index is 0.627. The largest absolute Gasteiger partial charge is 0.431 e. The van der Waals surface area contributed by atoms with Crippen LogP contribution >= 0.6 is 0 Å². The van der Waals surface area contributed by atoms with Crippen LogP contribution < -0.4 is 0 Å². The Morgan fingerprint density at radius 1 is 1.06 bits per heavy atom. The number of rotatable bonds is 4. The Labute approximate surface area is 102 Å². The van der Waals surface area contributed by atoms with Gasteiger partial charge in [-0.25, -0.2) is 0 Å². The van der Waals surface area contributed by atoms with Gasteiger partial charge in [-0.3, -0.25) is 0 Å². The first kappa shape index (κ1) is 14.2. The van der Waals surface area contributed by atoms with Crippen LogP contribution in [0.4, 0.5) is 0 Å². The van der Waals surface area contributed by atoms with Crippen molar-refractivity contribution in [1.29, 1.82) is 0 Å². The van der Waals surface area contributed by atoms with Crippen molar-refractivity contribution < 1.29 is 4.80 Å². The SMILES string of the molecule is CN(C)[C@@H]1CCCC[C@H]1N(C)C[Si](C)(C)O. The molecule has 0 aromatic rings. The third-order valence-corrected chi connectivity index (χ3v) is 4.83. The molecule has 2 atom stereocenters. The average Bonchev–Trinajstić information content (AvgIpc) is 2.15. The molecule has 0 aromatic heterocycles. The minimum Gasteiger partial charge on any atom is -0.431 e. The van der Waals surface area contributed by atoms with Crippen molar-refractivity contribution in [3.05, 3.63) is 0 Å². The van der Waals surface area contributed by atoms with Crippen LogP contribution in [0.3, 0.4) is 0 Å². The monoisotopic (exact) mass is 244 g/mol. The van der Waals surface area contributed by atoms with E-state index in [4.69, 9.17) is 0 Å². The molecule has 0 spiro atoms. The Kier molecular flexibility index (Phi) is 4.98. The van der Waals surface area contributed by atoms with Gasteiger partial charge < -0.3 is 14.6 Å². The fourth-order valence-corrected chi connectivity index (χ4v) is 4.39. The molecule has 4 heteroatoms. The molecule has 16 heavy (non-hydrogen) atoms. The van der Waals surface area contributed by atoms with Crippen molar-refractivity contribution in [1.82, 2.24) is 9.80 Å². The van der Waals surface area contributed by atoms with Crippen molar-refractivity contribution in [2.24, 2.45) is 0 Å². The van der Waals surface area contributed by atoms with Crippen LogP contribution in [-0.4, -0.2) is 62.3 Å². The van der Waals surface area contributed by atoms with E-state index in [0.717, 1.165) is 6.17 Å². The molecule has 0 radical (unpaired) electrons. The molecular weight excluding hydrogens is 216 g/mol. The molecule has 1 N–H and O–H groups in total. The summed E-state index contributed by atoms with van der Waals surface area (Å²) >= 11 is 0. The van der Waals surface area contributed by atoms with Gasteiger partial charge in [0.25, 0.3) is 0 Å². The summed E-state index contributed by atoms with van der Waals surface area (Å²) in [6.45, 7) is 4.05. The normalized spacial score (nSPS) is 27.8. The Hall–Kier alpha value is 0.0969. The van der Waals surface area contributed by atoms with Crippen LogP contribution in [0.1, 0.15) is 25.7 Å². The summed E-state index contributed by atoms with van der Waals surface area (Å²) in [5.74, 6) is 0. The maximum absolute atomic E-state index is 10.0. The molecule has 1 aliphatic rings. The summed E-state index contributed by atoms with van der Waals surface area (Å²) in [7, 11) is 4.57. The fraction of sp³-hybridized carbons (Fsp3) is 1.00. The Bertz CT molecular complexity index is 216. The third kappa shape index (κ3) is 4.16. The van der Waals surface area contributed by atoms with Crippen molar-refractivity contribution in [3.63, 3.8) is 0 Å². The first-order chi connectivity index (χ1) is 7.31. The van der Waals surface area contributed by atoms with E-state index in [2.05, 4.69) is 30.9 Å². The molecule has 0 aromatic carbocycles. The van der Waals surface area contributed by atoms with Gasteiger partial charge in [0.15, 0.2) is 8.32 Å². The standard InChI is InChI=1S/C12H28N2OSi/c1-13(2)11-8-6-7-9-12(11)14(3)10-16(4,5)15/h11-12,15H,6-10H2,1-5H3/t11-,12-/m1/s1. The third-order valence-electron chi connectivity index (χ3n) is 3.56. The van der Waals surface area contributed by atoms with Crippen LogP contribution in [-0.2, 0) is 0 Å². The zero-order valence-electron chi connectivity index (χ0n) is 11.5. The topological polar surface area (TPSA) is 26.7 Å². The Balaban J connectivity index is 2.60. The summed E-state index contributed by atoms with van der Waals surface area (Å²) in [6.07, 6.45) is 6.17. The van der Waals surface area contributed by atoms with Gasteiger partial charge in [0, 0.05) is 18.3 Å². The summed E-state index contributed by atoms with van der Waals surface area (Å²) in [5.41, 5.74) is 0. The first-order valence-corrected chi connectivity index (χ1v) is 9.56. The van der Waals surface area contributed by atoms with E-state index >= 15 is 0 Å². The molecule has 0 saturated heterocycles. The highest BCUT2D eigenvalue weighted by Gasteiger charge is 2.32. The van der Waals surface area contributed by atoms with Gasteiger partial charge in [0.1, 0.15) is 0 Å². The van der Waals surface area contributed by atoms with E-state index < -0.39 is 8.32 Å². The maximum atomic E-state index is 10.0. The Morgan fingerprint density at radius 2 is 1.56 bits per heavy atom. The molecule has 1 aliphatic carbocycles. The zero-order chi connectivity index (χ0) is 12.3. The predicted octanol–water partition coefficient (Wildman–Crippen LogP) is 1.53. The van der Waals surface area contributed by atoms with Gasteiger partial charge in [0.05, 0.1) is 0 Å². The quantitative estimate of drug-likeness (QED) is 0.760. The zero-order valence-corrected chi connectivity index (χ0v) is 12.5. The van der Waals surface area contributed by atoms with Crippen LogP contribution in [0.2, 0.25) is 13.1 Å². The molecule has 96 valence electrons. The smallest absolute Gasteiger partial charge is 0.196 e. The molecule has 0 aliphatic heterocycles. The van der Waals surface area contributed by atoms with Crippen LogP contribution in [0, 0.1) is 0 Å². The summed E-state index contributed by atoms with van der Waals surface area (Å²) in [4.78, 5) is 14.8. The lowest BCUT2D eigenvalue weighted by molar-refractivity contribution is 0.101. The van der Waals surface area contributed by atoms with Crippen LogP contribution in [0.25, 0.3) is 0 Å². The van der Waals surface area contributed by atoms with Crippen molar-refractivity contribution in [2.75, 3.05) is 27.3 Å². The highest BCUT2D eigenvalue weighted by atomic mass is 28.4. The molecule has 0 amide bonds. The molecule has 1 fully saturated rings. The second kappa shape index (κ2) is 5.62. The van der Waals surface area contributed by atoms with Gasteiger partial charge in [-0.1, -0.05) is 12.8 Å². The molecule has 1 rings (SSSR count). The molecule has 0 heterocycles. The first-order valence-electron chi connectivity index (χ1n) is 6.40. The summed E-state index contributed by atoms with van der Waals surface area (Å²) in [6, 6.07) is 1.29. The number of hydrogen-bond acceptors (Lipinski definition) is 3. The van der Waals surface area contributed by atoms with Gasteiger partial charge in [0.2, 0.25) is 0 Å². The molecule has 3 nitrogen and oxygen atoms in total. The molecule has 0 unspecified atom stereocenters. The predicted molar refractivity (Wildman–Crippen MR) is 72.1 cm³/mol. The number of likely N-dealkylation sites (N-methyl/N-ethyl adjacent to an activating group) is 2. The molecule has 0 bridgehead atoms. The second-order valence-corrected chi connectivity index (χ2v) is 10.1. The summed E-state index contributed by atoms with van der Waals surface area (Å²) in [5, 5.41) is 0. The lowest BCUT2D eigenvalue weighted by atomic mass is 9.89. The van der Waals surface area contributed by atoms with Crippen LogP contribution in [0.5, 0.6) is 0 Å². The minimum atomic E-state index is -1.96. The lowest BCUT2D eigenvalue weighted by Gasteiger charge is -2.42. The van der Waals surface area contributed by atoms with E-state index in [1.807, 2.05) is 13.1 Å². The van der Waals surface area contributed by atoms with Gasteiger partial charge in [-0.2, -0.15) is 0 Å². The van der Waals surface area contributed by atoms with Gasteiger partial charge in [-0.15, -0.1) is 0 Å². The second-order valence-electron chi connectivity index (χ2n) is 6.11. The van der Waals surface area contributed by atoms with E-state index in [1.165, 1.54) is 25.7 Å². The number of hydrogen-bond donors (Lipinski definition) is 1. The Morgan fingerprint density at radius 3 is 2.00 bits per heavy atom. The van der Waals surface area contributed by atoms with E-state index in [-0.39, 0.29) is 0 Å². The van der Waals surface area contributed by atoms with Crippen molar-refractivity contribution in [2.45, 2.75) is 50.9 Å². The highest BCUT2D eigenvalue weighted by Crippen LogP contribution is 2.25. The van der Waals surface area contributed by atoms with Crippen molar-refractivity contribution in [3.8, 4) is 0 Å². The van der Waals surface area contributed by atoms with E-state index in [1.54, 1.807) is 0 Å². The maximum Gasteiger partial charge on any atom is 0.196 e. The van der Waals surface area contributed by atoms with E-state index in [0.29, 0.717) is 12.1 Å². The van der Waals surface area contributed by atoms with Crippen LogP contribution in [0.15, 0.2) is 0 Å².